The summed E-state index contributed by atoms with van der Waals surface area (Å²) >= 11 is 5.81. The van der Waals surface area contributed by atoms with Crippen molar-refractivity contribution >= 4 is 34.8 Å². The van der Waals surface area contributed by atoms with Crippen LogP contribution in [0.4, 0.5) is 15.8 Å². The lowest BCUT2D eigenvalue weighted by atomic mass is 10.2. The molecule has 0 saturated heterocycles. The second-order valence-corrected chi connectivity index (χ2v) is 5.08. The number of hydrogen-bond acceptors (Lipinski definition) is 3. The van der Waals surface area contributed by atoms with Crippen molar-refractivity contribution in [2.24, 2.45) is 0 Å². The lowest BCUT2D eigenvalue weighted by molar-refractivity contribution is -0.118. The SMILES string of the molecule is CC(=O)Nc1cccc(NC(=O)COc2ccc(F)cc2Cl)c1. The van der Waals surface area contributed by atoms with E-state index < -0.39 is 11.7 Å². The molecule has 0 bridgehead atoms. The summed E-state index contributed by atoms with van der Waals surface area (Å²) in [6.07, 6.45) is 0. The van der Waals surface area contributed by atoms with E-state index in [0.29, 0.717) is 11.4 Å². The molecule has 0 atom stereocenters. The first-order chi connectivity index (χ1) is 10.9. The van der Waals surface area contributed by atoms with Gasteiger partial charge >= 0.3 is 0 Å². The summed E-state index contributed by atoms with van der Waals surface area (Å²) in [6, 6.07) is 10.3. The highest BCUT2D eigenvalue weighted by Gasteiger charge is 2.08. The summed E-state index contributed by atoms with van der Waals surface area (Å²) < 4.78 is 18.2. The predicted molar refractivity (Wildman–Crippen MR) is 86.3 cm³/mol. The van der Waals surface area contributed by atoms with Crippen LogP contribution in [0.3, 0.4) is 0 Å². The van der Waals surface area contributed by atoms with E-state index in [9.17, 15) is 14.0 Å². The molecule has 0 fully saturated rings. The van der Waals surface area contributed by atoms with Crippen LogP contribution in [0.5, 0.6) is 5.75 Å². The number of anilines is 2. The number of nitrogens with one attached hydrogen (secondary N) is 2. The maximum atomic E-state index is 12.9. The van der Waals surface area contributed by atoms with Gasteiger partial charge in [0.2, 0.25) is 5.91 Å². The quantitative estimate of drug-likeness (QED) is 0.878. The first kappa shape index (κ1) is 16.8. The van der Waals surface area contributed by atoms with Crippen LogP contribution in [0.1, 0.15) is 6.92 Å². The normalized spacial score (nSPS) is 10.0. The van der Waals surface area contributed by atoms with Crippen molar-refractivity contribution in [1.82, 2.24) is 0 Å². The molecule has 23 heavy (non-hydrogen) atoms. The Labute approximate surface area is 137 Å². The van der Waals surface area contributed by atoms with Gasteiger partial charge in [0.05, 0.1) is 5.02 Å². The third-order valence-corrected chi connectivity index (χ3v) is 3.01. The second kappa shape index (κ2) is 7.60. The Kier molecular flexibility index (Phi) is 5.54. The maximum Gasteiger partial charge on any atom is 0.262 e. The zero-order valence-electron chi connectivity index (χ0n) is 12.2. The Balaban J connectivity index is 1.93. The highest BCUT2D eigenvalue weighted by Crippen LogP contribution is 2.24. The molecule has 0 unspecified atom stereocenters. The molecular weight excluding hydrogens is 323 g/mol. The number of halogens is 2. The van der Waals surface area contributed by atoms with Gasteiger partial charge < -0.3 is 15.4 Å². The molecule has 0 aromatic heterocycles. The fourth-order valence-corrected chi connectivity index (χ4v) is 2.03. The molecule has 2 rings (SSSR count). The van der Waals surface area contributed by atoms with E-state index >= 15 is 0 Å². The molecule has 2 N–H and O–H groups in total. The molecule has 2 aromatic rings. The van der Waals surface area contributed by atoms with E-state index in [-0.39, 0.29) is 23.3 Å². The Bertz CT molecular complexity index is 737. The average Bonchev–Trinajstić information content (AvgIpc) is 2.46. The smallest absolute Gasteiger partial charge is 0.262 e. The molecule has 0 aliphatic carbocycles. The number of hydrogen-bond donors (Lipinski definition) is 2. The maximum absolute atomic E-state index is 12.9. The second-order valence-electron chi connectivity index (χ2n) is 4.67. The molecule has 120 valence electrons. The van der Waals surface area contributed by atoms with Crippen molar-refractivity contribution in [2.45, 2.75) is 6.92 Å². The van der Waals surface area contributed by atoms with Gasteiger partial charge in [-0.3, -0.25) is 9.59 Å². The van der Waals surface area contributed by atoms with Gasteiger partial charge in [-0.1, -0.05) is 17.7 Å². The molecule has 0 saturated carbocycles. The summed E-state index contributed by atoms with van der Waals surface area (Å²) in [7, 11) is 0. The van der Waals surface area contributed by atoms with Crippen molar-refractivity contribution in [3.63, 3.8) is 0 Å². The van der Waals surface area contributed by atoms with Crippen LogP contribution in [0.15, 0.2) is 42.5 Å². The molecular formula is C16H14ClFN2O3. The lowest BCUT2D eigenvalue weighted by Crippen LogP contribution is -2.20. The van der Waals surface area contributed by atoms with Gasteiger partial charge in [-0.25, -0.2) is 4.39 Å². The van der Waals surface area contributed by atoms with Crippen LogP contribution in [-0.4, -0.2) is 18.4 Å². The van der Waals surface area contributed by atoms with Crippen molar-refractivity contribution < 1.29 is 18.7 Å². The van der Waals surface area contributed by atoms with Crippen LogP contribution in [0.2, 0.25) is 5.02 Å². The highest BCUT2D eigenvalue weighted by molar-refractivity contribution is 6.32. The summed E-state index contributed by atoms with van der Waals surface area (Å²) in [5, 5.41) is 5.33. The standard InChI is InChI=1S/C16H14ClFN2O3/c1-10(21)19-12-3-2-4-13(8-12)20-16(22)9-23-15-6-5-11(18)7-14(15)17/h2-8H,9H2,1H3,(H,19,21)(H,20,22). The fraction of sp³-hybridized carbons (Fsp3) is 0.125. The molecule has 2 aromatic carbocycles. The van der Waals surface area contributed by atoms with Gasteiger partial charge in [-0.05, 0) is 36.4 Å². The number of ether oxygens (including phenoxy) is 1. The molecule has 0 radical (unpaired) electrons. The van der Waals surface area contributed by atoms with Crippen molar-refractivity contribution in [3.8, 4) is 5.75 Å². The first-order valence-electron chi connectivity index (χ1n) is 6.69. The third kappa shape index (κ3) is 5.27. The Morgan fingerprint density at radius 1 is 1.13 bits per heavy atom. The minimum Gasteiger partial charge on any atom is -0.482 e. The van der Waals surface area contributed by atoms with Gasteiger partial charge in [0.25, 0.3) is 5.91 Å². The van der Waals surface area contributed by atoms with E-state index in [1.807, 2.05) is 0 Å². The molecule has 5 nitrogen and oxygen atoms in total. The van der Waals surface area contributed by atoms with E-state index in [1.54, 1.807) is 24.3 Å². The molecule has 0 heterocycles. The van der Waals surface area contributed by atoms with Crippen LogP contribution in [0, 0.1) is 5.82 Å². The molecule has 0 aliphatic heterocycles. The number of carbonyl (C=O) groups excluding carboxylic acids is 2. The Hall–Kier alpha value is -2.60. The van der Waals surface area contributed by atoms with Crippen molar-refractivity contribution in [2.75, 3.05) is 17.2 Å². The van der Waals surface area contributed by atoms with Crippen molar-refractivity contribution in [3.05, 3.63) is 53.3 Å². The van der Waals surface area contributed by atoms with Crippen LogP contribution in [0.25, 0.3) is 0 Å². The van der Waals surface area contributed by atoms with Gasteiger partial charge in [0.15, 0.2) is 6.61 Å². The summed E-state index contributed by atoms with van der Waals surface area (Å²) in [6.45, 7) is 1.11. The van der Waals surface area contributed by atoms with Gasteiger partial charge in [0, 0.05) is 18.3 Å². The fourth-order valence-electron chi connectivity index (χ4n) is 1.81. The summed E-state index contributed by atoms with van der Waals surface area (Å²) in [4.78, 5) is 22.9. The number of benzene rings is 2. The van der Waals surface area contributed by atoms with Crippen LogP contribution < -0.4 is 15.4 Å². The summed E-state index contributed by atoms with van der Waals surface area (Å²) in [5.41, 5.74) is 1.08. The highest BCUT2D eigenvalue weighted by atomic mass is 35.5. The number of carbonyl (C=O) groups is 2. The van der Waals surface area contributed by atoms with Crippen LogP contribution in [-0.2, 0) is 9.59 Å². The molecule has 7 heteroatoms. The lowest BCUT2D eigenvalue weighted by Gasteiger charge is -2.10. The zero-order chi connectivity index (χ0) is 16.8. The molecule has 0 spiro atoms. The largest absolute Gasteiger partial charge is 0.482 e. The molecule has 2 amide bonds. The first-order valence-corrected chi connectivity index (χ1v) is 7.07. The Morgan fingerprint density at radius 2 is 1.83 bits per heavy atom. The predicted octanol–water partition coefficient (Wildman–Crippen LogP) is 3.46. The zero-order valence-corrected chi connectivity index (χ0v) is 13.0. The van der Waals surface area contributed by atoms with Gasteiger partial charge in [-0.2, -0.15) is 0 Å². The van der Waals surface area contributed by atoms with E-state index in [0.717, 1.165) is 6.07 Å². The van der Waals surface area contributed by atoms with E-state index in [2.05, 4.69) is 10.6 Å². The number of rotatable bonds is 5. The van der Waals surface area contributed by atoms with E-state index in [4.69, 9.17) is 16.3 Å². The number of amides is 2. The minimum absolute atomic E-state index is 0.0884. The van der Waals surface area contributed by atoms with Gasteiger partial charge in [-0.15, -0.1) is 0 Å². The average molecular weight is 337 g/mol. The Morgan fingerprint density at radius 3 is 2.48 bits per heavy atom. The third-order valence-electron chi connectivity index (χ3n) is 2.72. The van der Waals surface area contributed by atoms with Crippen molar-refractivity contribution in [1.29, 1.82) is 0 Å². The van der Waals surface area contributed by atoms with Gasteiger partial charge in [0.1, 0.15) is 11.6 Å². The van der Waals surface area contributed by atoms with Crippen LogP contribution >= 0.6 is 11.6 Å². The molecule has 0 aliphatic rings. The minimum atomic E-state index is -0.485. The van der Waals surface area contributed by atoms with E-state index in [1.165, 1.54) is 19.1 Å². The topological polar surface area (TPSA) is 67.4 Å². The summed E-state index contributed by atoms with van der Waals surface area (Å²) in [5.74, 6) is -0.884. The monoisotopic (exact) mass is 336 g/mol.